The van der Waals surface area contributed by atoms with Crippen molar-refractivity contribution in [2.24, 2.45) is 4.99 Å². The predicted molar refractivity (Wildman–Crippen MR) is 62.7 cm³/mol. The fourth-order valence-corrected chi connectivity index (χ4v) is 3.06. The lowest BCUT2D eigenvalue weighted by molar-refractivity contribution is 0.242. The summed E-state index contributed by atoms with van der Waals surface area (Å²) >= 11 is 8.16. The molecule has 0 bridgehead atoms. The van der Waals surface area contributed by atoms with Gasteiger partial charge in [0.1, 0.15) is 10.6 Å². The van der Waals surface area contributed by atoms with Gasteiger partial charge in [-0.25, -0.2) is 18.0 Å². The van der Waals surface area contributed by atoms with Crippen LogP contribution in [0, 0.1) is 17.5 Å². The summed E-state index contributed by atoms with van der Waals surface area (Å²) in [7, 11) is 0. The molecule has 1 aromatic rings. The van der Waals surface area contributed by atoms with Crippen LogP contribution in [0.15, 0.2) is 9.47 Å². The van der Waals surface area contributed by atoms with E-state index in [2.05, 4.69) is 20.9 Å². The van der Waals surface area contributed by atoms with Gasteiger partial charge in [0.05, 0.1) is 4.47 Å². The maximum absolute atomic E-state index is 13.9. The van der Waals surface area contributed by atoms with Crippen molar-refractivity contribution in [1.82, 2.24) is 0 Å². The Kier molecular flexibility index (Phi) is 3.54. The van der Waals surface area contributed by atoms with Gasteiger partial charge in [-0.15, -0.1) is 0 Å². The zero-order valence-electron chi connectivity index (χ0n) is 8.87. The fourth-order valence-electron chi connectivity index (χ4n) is 2.03. The maximum Gasteiger partial charge on any atom is 0.235 e. The summed E-state index contributed by atoms with van der Waals surface area (Å²) < 4.78 is 40.7. The smallest absolute Gasteiger partial charge is 0.211 e. The molecular formula is C11H6BrClF3NO. The average Bonchev–Trinajstić information content (AvgIpc) is 2.31. The Labute approximate surface area is 114 Å². The Bertz CT molecular complexity index is 539. The van der Waals surface area contributed by atoms with Gasteiger partial charge in [-0.3, -0.25) is 0 Å². The molecule has 1 saturated carbocycles. The first kappa shape index (κ1) is 13.6. The molecule has 1 fully saturated rings. The first-order chi connectivity index (χ1) is 8.44. The summed E-state index contributed by atoms with van der Waals surface area (Å²) in [5.74, 6) is -3.86. The number of hydrogen-bond donors (Lipinski definition) is 0. The average molecular weight is 341 g/mol. The molecular weight excluding hydrogens is 334 g/mol. The van der Waals surface area contributed by atoms with Crippen molar-refractivity contribution >= 4 is 33.6 Å². The van der Waals surface area contributed by atoms with E-state index in [1.54, 1.807) is 0 Å². The summed E-state index contributed by atoms with van der Waals surface area (Å²) in [4.78, 5) is 13.9. The Morgan fingerprint density at radius 1 is 1.22 bits per heavy atom. The monoisotopic (exact) mass is 339 g/mol. The summed E-state index contributed by atoms with van der Waals surface area (Å²) in [6.45, 7) is 0. The van der Waals surface area contributed by atoms with E-state index in [0.717, 1.165) is 0 Å². The molecule has 0 saturated heterocycles. The van der Waals surface area contributed by atoms with Gasteiger partial charge in [0, 0.05) is 5.56 Å². The number of rotatable bonds is 2. The van der Waals surface area contributed by atoms with Gasteiger partial charge in [-0.1, -0.05) is 11.6 Å². The SMILES string of the molecule is O=C=NC1(c2c(F)c(F)c(Cl)c(F)c2Br)CCC1. The summed E-state index contributed by atoms with van der Waals surface area (Å²) in [5.41, 5.74) is -1.55. The molecule has 96 valence electrons. The molecule has 0 aliphatic heterocycles. The van der Waals surface area contributed by atoms with Gasteiger partial charge in [0.25, 0.3) is 0 Å². The van der Waals surface area contributed by atoms with E-state index in [0.29, 0.717) is 19.3 Å². The van der Waals surface area contributed by atoms with Crippen LogP contribution < -0.4 is 0 Å². The van der Waals surface area contributed by atoms with Crippen LogP contribution in [0.3, 0.4) is 0 Å². The Morgan fingerprint density at radius 2 is 1.83 bits per heavy atom. The minimum atomic E-state index is -1.47. The largest absolute Gasteiger partial charge is 0.235 e. The number of hydrogen-bond acceptors (Lipinski definition) is 2. The second kappa shape index (κ2) is 4.68. The lowest BCUT2D eigenvalue weighted by atomic mass is 9.72. The number of isocyanates is 1. The summed E-state index contributed by atoms with van der Waals surface area (Å²) in [5, 5.41) is -0.923. The van der Waals surface area contributed by atoms with E-state index in [1.165, 1.54) is 6.08 Å². The molecule has 0 N–H and O–H groups in total. The van der Waals surface area contributed by atoms with Crippen molar-refractivity contribution in [2.75, 3.05) is 0 Å². The van der Waals surface area contributed by atoms with Crippen molar-refractivity contribution in [3.63, 3.8) is 0 Å². The van der Waals surface area contributed by atoms with Crippen LogP contribution >= 0.6 is 27.5 Å². The zero-order valence-corrected chi connectivity index (χ0v) is 11.2. The first-order valence-electron chi connectivity index (χ1n) is 5.05. The highest BCUT2D eigenvalue weighted by molar-refractivity contribution is 9.10. The highest BCUT2D eigenvalue weighted by atomic mass is 79.9. The van der Waals surface area contributed by atoms with Crippen molar-refractivity contribution in [2.45, 2.75) is 24.8 Å². The van der Waals surface area contributed by atoms with Crippen LogP contribution in [0.2, 0.25) is 5.02 Å². The lowest BCUT2D eigenvalue weighted by Gasteiger charge is -2.38. The number of halogens is 5. The van der Waals surface area contributed by atoms with Crippen LogP contribution in [-0.2, 0) is 10.3 Å². The number of carbonyl (C=O) groups excluding carboxylic acids is 1. The molecule has 2 nitrogen and oxygen atoms in total. The lowest BCUT2D eigenvalue weighted by Crippen LogP contribution is -2.34. The molecule has 0 heterocycles. The third-order valence-electron chi connectivity index (χ3n) is 3.12. The first-order valence-corrected chi connectivity index (χ1v) is 6.22. The Balaban J connectivity index is 2.75. The minimum Gasteiger partial charge on any atom is -0.211 e. The van der Waals surface area contributed by atoms with Crippen LogP contribution in [0.1, 0.15) is 24.8 Å². The molecule has 1 aromatic carbocycles. The molecule has 1 aliphatic rings. The second-order valence-corrected chi connectivity index (χ2v) is 5.20. The van der Waals surface area contributed by atoms with Gasteiger partial charge in [0.2, 0.25) is 6.08 Å². The highest BCUT2D eigenvalue weighted by Gasteiger charge is 2.44. The summed E-state index contributed by atoms with van der Waals surface area (Å²) in [6, 6.07) is 0. The van der Waals surface area contributed by atoms with Crippen molar-refractivity contribution in [1.29, 1.82) is 0 Å². The van der Waals surface area contributed by atoms with Gasteiger partial charge >= 0.3 is 0 Å². The topological polar surface area (TPSA) is 29.4 Å². The van der Waals surface area contributed by atoms with Gasteiger partial charge < -0.3 is 0 Å². The molecule has 0 unspecified atom stereocenters. The molecule has 18 heavy (non-hydrogen) atoms. The molecule has 0 spiro atoms. The second-order valence-electron chi connectivity index (χ2n) is 4.03. The summed E-state index contributed by atoms with van der Waals surface area (Å²) in [6.07, 6.45) is 2.67. The van der Waals surface area contributed by atoms with Crippen molar-refractivity contribution < 1.29 is 18.0 Å². The molecule has 2 rings (SSSR count). The quantitative estimate of drug-likeness (QED) is 0.343. The third kappa shape index (κ3) is 1.79. The van der Waals surface area contributed by atoms with E-state index in [4.69, 9.17) is 11.6 Å². The van der Waals surface area contributed by atoms with Crippen LogP contribution in [-0.4, -0.2) is 6.08 Å². The fraction of sp³-hybridized carbons (Fsp3) is 0.364. The van der Waals surface area contributed by atoms with E-state index >= 15 is 0 Å². The zero-order chi connectivity index (χ0) is 13.5. The Hall–Kier alpha value is -0.840. The van der Waals surface area contributed by atoms with E-state index < -0.39 is 28.0 Å². The van der Waals surface area contributed by atoms with Crippen LogP contribution in [0.25, 0.3) is 0 Å². The van der Waals surface area contributed by atoms with E-state index in [1.807, 2.05) is 0 Å². The van der Waals surface area contributed by atoms with Crippen molar-refractivity contribution in [3.05, 3.63) is 32.5 Å². The van der Waals surface area contributed by atoms with E-state index in [9.17, 15) is 18.0 Å². The highest BCUT2D eigenvalue weighted by Crippen LogP contribution is 2.50. The van der Waals surface area contributed by atoms with Gasteiger partial charge in [-0.2, -0.15) is 4.99 Å². The Morgan fingerprint density at radius 3 is 2.28 bits per heavy atom. The maximum atomic E-state index is 13.9. The molecule has 1 aliphatic carbocycles. The molecule has 0 atom stereocenters. The number of benzene rings is 1. The predicted octanol–water partition coefficient (Wildman–Crippen LogP) is 4.23. The molecule has 0 aromatic heterocycles. The van der Waals surface area contributed by atoms with Crippen molar-refractivity contribution in [3.8, 4) is 0 Å². The van der Waals surface area contributed by atoms with Crippen LogP contribution in [0.5, 0.6) is 0 Å². The molecule has 0 amide bonds. The van der Waals surface area contributed by atoms with E-state index in [-0.39, 0.29) is 10.0 Å². The standard InChI is InChI=1S/C11H6BrClF3NO/c12-6-5(11(17-4-18)2-1-3-11)8(14)10(16)7(13)9(6)15/h1-3H2. The number of aliphatic imine (C=N–C) groups is 1. The normalized spacial score (nSPS) is 16.9. The third-order valence-corrected chi connectivity index (χ3v) is 4.19. The number of nitrogens with zero attached hydrogens (tertiary/aromatic N) is 1. The minimum absolute atomic E-state index is 0.301. The molecule has 0 radical (unpaired) electrons. The van der Waals surface area contributed by atoms with Gasteiger partial charge in [0.15, 0.2) is 17.5 Å². The van der Waals surface area contributed by atoms with Crippen LogP contribution in [0.4, 0.5) is 13.2 Å². The van der Waals surface area contributed by atoms with Gasteiger partial charge in [-0.05, 0) is 35.2 Å². The molecule has 7 heteroatoms.